The average molecular weight is 399 g/mol. The van der Waals surface area contributed by atoms with E-state index in [9.17, 15) is 24.5 Å². The van der Waals surface area contributed by atoms with Gasteiger partial charge in [-0.05, 0) is 37.1 Å². The summed E-state index contributed by atoms with van der Waals surface area (Å²) in [4.78, 5) is 45.9. The molecule has 9 nitrogen and oxygen atoms in total. The number of hydrogen-bond acceptors (Lipinski definition) is 5. The van der Waals surface area contributed by atoms with Crippen LogP contribution in [0, 0.1) is 24.0 Å². The van der Waals surface area contributed by atoms with Crippen molar-refractivity contribution in [1.82, 2.24) is 10.6 Å². The van der Waals surface area contributed by atoms with Crippen molar-refractivity contribution in [2.75, 3.05) is 6.54 Å². The predicted octanol–water partition coefficient (Wildman–Crippen LogP) is 2.27. The van der Waals surface area contributed by atoms with Crippen LogP contribution in [-0.2, 0) is 9.59 Å². The van der Waals surface area contributed by atoms with Gasteiger partial charge in [-0.3, -0.25) is 24.5 Å². The Bertz CT molecular complexity index is 957. The molecule has 2 rings (SSSR count). The highest BCUT2D eigenvalue weighted by Gasteiger charge is 2.20. The van der Waals surface area contributed by atoms with Crippen molar-refractivity contribution in [3.05, 3.63) is 74.8 Å². The zero-order valence-corrected chi connectivity index (χ0v) is 16.0. The van der Waals surface area contributed by atoms with Crippen molar-refractivity contribution in [3.8, 4) is 0 Å². The topological polar surface area (TPSA) is 139 Å². The van der Waals surface area contributed by atoms with Crippen LogP contribution in [0.5, 0.6) is 0 Å². The highest BCUT2D eigenvalue weighted by molar-refractivity contribution is 5.97. The monoisotopic (exact) mass is 399 g/mol. The Kier molecular flexibility index (Phi) is 7.02. The van der Waals surface area contributed by atoms with Gasteiger partial charge in [-0.2, -0.15) is 0 Å². The second-order valence-electron chi connectivity index (χ2n) is 6.52. The molecule has 0 aliphatic heterocycles. The number of rotatable bonds is 8. The summed E-state index contributed by atoms with van der Waals surface area (Å²) in [6.45, 7) is 2.96. The van der Waals surface area contributed by atoms with Gasteiger partial charge in [0, 0.05) is 17.2 Å². The fraction of sp³-hybridized carbons (Fsp3) is 0.250. The minimum atomic E-state index is -1.07. The zero-order chi connectivity index (χ0) is 21.6. The van der Waals surface area contributed by atoms with E-state index < -0.39 is 28.7 Å². The molecule has 2 aromatic rings. The van der Waals surface area contributed by atoms with E-state index in [0.29, 0.717) is 11.1 Å². The summed E-state index contributed by atoms with van der Waals surface area (Å²) in [6, 6.07) is 10.3. The second-order valence-corrected chi connectivity index (χ2v) is 6.52. The molecule has 1 atom stereocenters. The van der Waals surface area contributed by atoms with Crippen LogP contribution in [0.25, 0.3) is 0 Å². The molecule has 9 heteroatoms. The van der Waals surface area contributed by atoms with Gasteiger partial charge >= 0.3 is 5.97 Å². The number of aryl methyl sites for hydroxylation is 2. The first-order chi connectivity index (χ1) is 13.7. The fourth-order valence-electron chi connectivity index (χ4n) is 2.90. The minimum Gasteiger partial charge on any atom is -0.481 e. The molecule has 29 heavy (non-hydrogen) atoms. The zero-order valence-electron chi connectivity index (χ0n) is 16.0. The molecule has 0 aromatic heterocycles. The first-order valence-electron chi connectivity index (χ1n) is 8.79. The lowest BCUT2D eigenvalue weighted by atomic mass is 9.99. The number of carboxylic acid groups (broad SMARTS) is 1. The van der Waals surface area contributed by atoms with E-state index in [1.165, 1.54) is 25.1 Å². The molecular weight excluding hydrogens is 378 g/mol. The molecule has 0 aliphatic carbocycles. The first-order valence-corrected chi connectivity index (χ1v) is 8.79. The third-order valence-electron chi connectivity index (χ3n) is 4.34. The number of benzene rings is 2. The molecular formula is C20H21N3O6. The van der Waals surface area contributed by atoms with Crippen LogP contribution in [0.15, 0.2) is 42.5 Å². The third kappa shape index (κ3) is 5.86. The molecule has 0 fully saturated rings. The molecule has 2 amide bonds. The normalized spacial score (nSPS) is 11.4. The van der Waals surface area contributed by atoms with Crippen molar-refractivity contribution in [1.29, 1.82) is 0 Å². The molecule has 0 radical (unpaired) electrons. The van der Waals surface area contributed by atoms with E-state index in [2.05, 4.69) is 10.6 Å². The van der Waals surface area contributed by atoms with E-state index in [0.717, 1.165) is 5.56 Å². The lowest BCUT2D eigenvalue weighted by Crippen LogP contribution is -2.39. The Hall–Kier alpha value is -3.75. The third-order valence-corrected chi connectivity index (χ3v) is 4.34. The van der Waals surface area contributed by atoms with Crippen LogP contribution in [0.4, 0.5) is 5.69 Å². The van der Waals surface area contributed by atoms with Crippen LogP contribution >= 0.6 is 0 Å². The van der Waals surface area contributed by atoms with Gasteiger partial charge in [0.2, 0.25) is 5.91 Å². The van der Waals surface area contributed by atoms with Gasteiger partial charge in [-0.15, -0.1) is 0 Å². The maximum absolute atomic E-state index is 12.3. The standard InChI is InChI=1S/C20H21N3O6/c1-12-5-3-4-6-15(12)16(10-19(25)26)22-18(24)11-21-20(27)14-7-8-17(23(28)29)13(2)9-14/h3-9,16H,10-11H2,1-2H3,(H,21,27)(H,22,24)(H,25,26). The van der Waals surface area contributed by atoms with Gasteiger partial charge in [0.1, 0.15) is 0 Å². The van der Waals surface area contributed by atoms with Crippen LogP contribution < -0.4 is 10.6 Å². The number of nitro groups is 1. The lowest BCUT2D eigenvalue weighted by Gasteiger charge is -2.19. The van der Waals surface area contributed by atoms with E-state index in [1.807, 2.05) is 19.1 Å². The van der Waals surface area contributed by atoms with E-state index in [4.69, 9.17) is 5.11 Å². The molecule has 0 spiro atoms. The van der Waals surface area contributed by atoms with Crippen molar-refractivity contribution in [3.63, 3.8) is 0 Å². The molecule has 1 unspecified atom stereocenters. The number of aliphatic carboxylic acids is 1. The number of carbonyl (C=O) groups excluding carboxylic acids is 2. The van der Waals surface area contributed by atoms with Crippen molar-refractivity contribution >= 4 is 23.5 Å². The van der Waals surface area contributed by atoms with Crippen LogP contribution in [0.1, 0.15) is 39.5 Å². The molecule has 3 N–H and O–H groups in total. The molecule has 152 valence electrons. The summed E-state index contributed by atoms with van der Waals surface area (Å²) in [6.07, 6.45) is -0.300. The highest BCUT2D eigenvalue weighted by atomic mass is 16.6. The average Bonchev–Trinajstić information content (AvgIpc) is 2.65. The van der Waals surface area contributed by atoms with Gasteiger partial charge < -0.3 is 15.7 Å². The van der Waals surface area contributed by atoms with Crippen LogP contribution in [0.2, 0.25) is 0 Å². The van der Waals surface area contributed by atoms with E-state index >= 15 is 0 Å². The highest BCUT2D eigenvalue weighted by Crippen LogP contribution is 2.21. The molecule has 0 heterocycles. The largest absolute Gasteiger partial charge is 0.481 e. The molecule has 0 saturated carbocycles. The van der Waals surface area contributed by atoms with Crippen molar-refractivity contribution < 1.29 is 24.4 Å². The predicted molar refractivity (Wildman–Crippen MR) is 104 cm³/mol. The number of nitrogens with zero attached hydrogens (tertiary/aromatic N) is 1. The maximum Gasteiger partial charge on any atom is 0.305 e. The van der Waals surface area contributed by atoms with E-state index in [1.54, 1.807) is 12.1 Å². The number of carbonyl (C=O) groups is 3. The lowest BCUT2D eigenvalue weighted by molar-refractivity contribution is -0.385. The SMILES string of the molecule is Cc1ccccc1C(CC(=O)O)NC(=O)CNC(=O)c1ccc([N+](=O)[O-])c(C)c1. The number of nitrogens with one attached hydrogen (secondary N) is 2. The van der Waals surface area contributed by atoms with Crippen molar-refractivity contribution in [2.45, 2.75) is 26.3 Å². The second kappa shape index (κ2) is 9.45. The quantitative estimate of drug-likeness (QED) is 0.460. The van der Waals surface area contributed by atoms with Crippen LogP contribution in [0.3, 0.4) is 0 Å². The fourth-order valence-corrected chi connectivity index (χ4v) is 2.90. The van der Waals surface area contributed by atoms with Gasteiger partial charge in [0.05, 0.1) is 23.9 Å². The van der Waals surface area contributed by atoms with E-state index in [-0.39, 0.29) is 24.2 Å². The van der Waals surface area contributed by atoms with Gasteiger partial charge in [0.25, 0.3) is 11.6 Å². The summed E-state index contributed by atoms with van der Waals surface area (Å²) >= 11 is 0. The smallest absolute Gasteiger partial charge is 0.305 e. The summed E-state index contributed by atoms with van der Waals surface area (Å²) in [7, 11) is 0. The number of amides is 2. The Labute approximate surface area is 166 Å². The number of hydrogen-bond donors (Lipinski definition) is 3. The maximum atomic E-state index is 12.3. The Morgan fingerprint density at radius 3 is 2.38 bits per heavy atom. The summed E-state index contributed by atoms with van der Waals surface area (Å²) in [5, 5.41) is 25.0. The number of nitro benzene ring substituents is 1. The van der Waals surface area contributed by atoms with Crippen molar-refractivity contribution in [2.24, 2.45) is 0 Å². The Morgan fingerprint density at radius 1 is 1.10 bits per heavy atom. The molecule has 2 aromatic carbocycles. The molecule has 0 bridgehead atoms. The first kappa shape index (κ1) is 21.5. The molecule has 0 saturated heterocycles. The summed E-state index contributed by atoms with van der Waals surface area (Å²) in [5.74, 6) is -2.18. The van der Waals surface area contributed by atoms with Crippen LogP contribution in [-0.4, -0.2) is 34.4 Å². The van der Waals surface area contributed by atoms with Gasteiger partial charge in [-0.1, -0.05) is 24.3 Å². The van der Waals surface area contributed by atoms with Gasteiger partial charge in [-0.25, -0.2) is 0 Å². The molecule has 0 aliphatic rings. The number of carboxylic acids is 1. The van der Waals surface area contributed by atoms with Gasteiger partial charge in [0.15, 0.2) is 0 Å². The Morgan fingerprint density at radius 2 is 1.79 bits per heavy atom. The Balaban J connectivity index is 2.02. The summed E-state index contributed by atoms with van der Waals surface area (Å²) < 4.78 is 0. The minimum absolute atomic E-state index is 0.103. The summed E-state index contributed by atoms with van der Waals surface area (Å²) in [5.41, 5.74) is 1.93.